The number of benzene rings is 1. The molecule has 0 bridgehead atoms. The summed E-state index contributed by atoms with van der Waals surface area (Å²) < 4.78 is 0. The molecule has 0 aliphatic carbocycles. The third-order valence-corrected chi connectivity index (χ3v) is 6.13. The smallest absolute Gasteiger partial charge is 0.169 e. The van der Waals surface area contributed by atoms with Gasteiger partial charge in [-0.05, 0) is 18.4 Å². The Labute approximate surface area is 174 Å². The molecule has 1 aromatic carbocycles. The molecule has 0 fully saturated rings. The van der Waals surface area contributed by atoms with Gasteiger partial charge in [-0.3, -0.25) is 4.90 Å². The zero-order valence-corrected chi connectivity index (χ0v) is 17.1. The summed E-state index contributed by atoms with van der Waals surface area (Å²) >= 11 is 1.68. The molecule has 144 valence electrons. The van der Waals surface area contributed by atoms with Crippen molar-refractivity contribution < 1.29 is 0 Å². The van der Waals surface area contributed by atoms with Crippen LogP contribution in [0.25, 0.3) is 22.1 Å². The minimum absolute atomic E-state index is 0.783. The maximum absolute atomic E-state index is 4.81. The van der Waals surface area contributed by atoms with E-state index in [1.54, 1.807) is 11.3 Å². The van der Waals surface area contributed by atoms with Crippen molar-refractivity contribution >= 4 is 11.3 Å². The van der Waals surface area contributed by atoms with Crippen molar-refractivity contribution in [1.29, 1.82) is 0 Å². The molecular formula is C23H21N5S. The van der Waals surface area contributed by atoms with Crippen molar-refractivity contribution in [1.82, 2.24) is 24.8 Å². The lowest BCUT2D eigenvalue weighted by atomic mass is 10.1. The molecule has 5 rings (SSSR count). The van der Waals surface area contributed by atoms with Crippen molar-refractivity contribution in [2.75, 3.05) is 6.54 Å². The van der Waals surface area contributed by atoms with Gasteiger partial charge in [0.2, 0.25) is 0 Å². The van der Waals surface area contributed by atoms with Gasteiger partial charge in [-0.1, -0.05) is 36.4 Å². The van der Waals surface area contributed by atoms with Crippen LogP contribution in [0.15, 0.2) is 60.2 Å². The second-order valence-corrected chi connectivity index (χ2v) is 8.22. The number of rotatable bonds is 4. The first kappa shape index (κ1) is 18.1. The van der Waals surface area contributed by atoms with Crippen molar-refractivity contribution in [3.8, 4) is 22.1 Å². The predicted octanol–water partition coefficient (Wildman–Crippen LogP) is 4.53. The maximum Gasteiger partial charge on any atom is 0.169 e. The van der Waals surface area contributed by atoms with E-state index in [1.165, 1.54) is 16.8 Å². The SMILES string of the molecule is Cc1nc(-c2ccccc2)ncc1CN1CCc2nc(-c3cccs3)ncc2C1. The van der Waals surface area contributed by atoms with Crippen LogP contribution in [0.2, 0.25) is 0 Å². The lowest BCUT2D eigenvalue weighted by Gasteiger charge is -2.28. The highest BCUT2D eigenvalue weighted by molar-refractivity contribution is 7.13. The summed E-state index contributed by atoms with van der Waals surface area (Å²) in [5.74, 6) is 1.62. The molecule has 5 nitrogen and oxygen atoms in total. The van der Waals surface area contributed by atoms with Gasteiger partial charge < -0.3 is 0 Å². The fraction of sp³-hybridized carbons (Fsp3) is 0.217. The first-order valence-electron chi connectivity index (χ1n) is 9.75. The zero-order valence-electron chi connectivity index (χ0n) is 16.2. The maximum atomic E-state index is 4.81. The Morgan fingerprint density at radius 2 is 1.83 bits per heavy atom. The zero-order chi connectivity index (χ0) is 19.6. The van der Waals surface area contributed by atoms with E-state index >= 15 is 0 Å². The van der Waals surface area contributed by atoms with E-state index in [-0.39, 0.29) is 0 Å². The summed E-state index contributed by atoms with van der Waals surface area (Å²) in [7, 11) is 0. The number of hydrogen-bond acceptors (Lipinski definition) is 6. The van der Waals surface area contributed by atoms with Crippen LogP contribution in [0.3, 0.4) is 0 Å². The Balaban J connectivity index is 1.31. The normalized spacial score (nSPS) is 14.0. The second-order valence-electron chi connectivity index (χ2n) is 7.27. The fourth-order valence-electron chi connectivity index (χ4n) is 3.65. The van der Waals surface area contributed by atoms with Crippen LogP contribution >= 0.6 is 11.3 Å². The average Bonchev–Trinajstić information content (AvgIpc) is 3.30. The minimum atomic E-state index is 0.783. The summed E-state index contributed by atoms with van der Waals surface area (Å²) in [5, 5.41) is 2.06. The highest BCUT2D eigenvalue weighted by atomic mass is 32.1. The van der Waals surface area contributed by atoms with Gasteiger partial charge >= 0.3 is 0 Å². The quantitative estimate of drug-likeness (QED) is 0.505. The molecule has 0 atom stereocenters. The monoisotopic (exact) mass is 399 g/mol. The molecular weight excluding hydrogens is 378 g/mol. The molecule has 0 radical (unpaired) electrons. The molecule has 0 N–H and O–H groups in total. The average molecular weight is 400 g/mol. The van der Waals surface area contributed by atoms with Crippen molar-refractivity contribution in [2.24, 2.45) is 0 Å². The number of thiophene rings is 1. The second kappa shape index (κ2) is 7.81. The number of fused-ring (bicyclic) bond motifs is 1. The van der Waals surface area contributed by atoms with Gasteiger partial charge in [0.25, 0.3) is 0 Å². The Bertz CT molecular complexity index is 1130. The summed E-state index contributed by atoms with van der Waals surface area (Å²) in [6, 6.07) is 14.2. The Morgan fingerprint density at radius 1 is 0.966 bits per heavy atom. The summed E-state index contributed by atoms with van der Waals surface area (Å²) in [6.07, 6.45) is 4.90. The van der Waals surface area contributed by atoms with Crippen LogP contribution in [-0.2, 0) is 19.5 Å². The Kier molecular flexibility index (Phi) is 4.87. The molecule has 0 saturated carbocycles. The Morgan fingerprint density at radius 3 is 2.62 bits per heavy atom. The van der Waals surface area contributed by atoms with Crippen LogP contribution in [0.1, 0.15) is 22.5 Å². The van der Waals surface area contributed by atoms with Crippen LogP contribution in [0.5, 0.6) is 0 Å². The van der Waals surface area contributed by atoms with Gasteiger partial charge in [0, 0.05) is 60.8 Å². The van der Waals surface area contributed by atoms with Crippen molar-refractivity contribution in [3.63, 3.8) is 0 Å². The van der Waals surface area contributed by atoms with Gasteiger partial charge in [0.15, 0.2) is 11.6 Å². The van der Waals surface area contributed by atoms with E-state index in [9.17, 15) is 0 Å². The summed E-state index contributed by atoms with van der Waals surface area (Å²) in [4.78, 5) is 22.3. The number of aromatic nitrogens is 4. The predicted molar refractivity (Wildman–Crippen MR) is 115 cm³/mol. The summed E-state index contributed by atoms with van der Waals surface area (Å²) in [5.41, 5.74) is 5.65. The molecule has 1 aliphatic rings. The third kappa shape index (κ3) is 3.81. The van der Waals surface area contributed by atoms with Gasteiger partial charge in [-0.2, -0.15) is 0 Å². The number of aryl methyl sites for hydroxylation is 1. The fourth-order valence-corrected chi connectivity index (χ4v) is 4.31. The summed E-state index contributed by atoms with van der Waals surface area (Å²) in [6.45, 7) is 4.75. The molecule has 29 heavy (non-hydrogen) atoms. The van der Waals surface area contributed by atoms with Gasteiger partial charge in [0.05, 0.1) is 10.6 Å². The van der Waals surface area contributed by atoms with E-state index in [0.29, 0.717) is 0 Å². The van der Waals surface area contributed by atoms with E-state index in [1.807, 2.05) is 48.8 Å². The molecule has 0 saturated heterocycles. The topological polar surface area (TPSA) is 54.8 Å². The van der Waals surface area contributed by atoms with Gasteiger partial charge in [-0.25, -0.2) is 19.9 Å². The molecule has 0 spiro atoms. The highest BCUT2D eigenvalue weighted by Gasteiger charge is 2.20. The van der Waals surface area contributed by atoms with Crippen LogP contribution < -0.4 is 0 Å². The van der Waals surface area contributed by atoms with Crippen molar-refractivity contribution in [3.05, 3.63) is 82.8 Å². The minimum Gasteiger partial charge on any atom is -0.294 e. The molecule has 1 aliphatic heterocycles. The first-order chi connectivity index (χ1) is 14.3. The number of nitrogens with zero attached hydrogens (tertiary/aromatic N) is 5. The lowest BCUT2D eigenvalue weighted by molar-refractivity contribution is 0.242. The third-order valence-electron chi connectivity index (χ3n) is 5.26. The largest absolute Gasteiger partial charge is 0.294 e. The van der Waals surface area contributed by atoms with E-state index in [2.05, 4.69) is 33.2 Å². The lowest BCUT2D eigenvalue weighted by Crippen LogP contribution is -2.31. The van der Waals surface area contributed by atoms with Crippen LogP contribution in [0.4, 0.5) is 0 Å². The van der Waals surface area contributed by atoms with Gasteiger partial charge in [-0.15, -0.1) is 11.3 Å². The van der Waals surface area contributed by atoms with E-state index in [4.69, 9.17) is 9.97 Å². The molecule has 4 heterocycles. The standard InChI is InChI=1S/C23H21N5S/c1-16-18(12-24-22(26-16)17-6-3-2-4-7-17)14-28-10-9-20-19(15-28)13-25-23(27-20)21-8-5-11-29-21/h2-8,11-13H,9-10,14-15H2,1H3. The molecule has 0 amide bonds. The van der Waals surface area contributed by atoms with Crippen LogP contribution in [-0.4, -0.2) is 31.4 Å². The number of hydrogen-bond donors (Lipinski definition) is 0. The first-order valence-corrected chi connectivity index (χ1v) is 10.6. The van der Waals surface area contributed by atoms with Gasteiger partial charge in [0.1, 0.15) is 0 Å². The van der Waals surface area contributed by atoms with Crippen molar-refractivity contribution in [2.45, 2.75) is 26.4 Å². The Hall–Kier alpha value is -2.96. The highest BCUT2D eigenvalue weighted by Crippen LogP contribution is 2.25. The molecule has 6 heteroatoms. The molecule has 0 unspecified atom stereocenters. The molecule has 3 aromatic heterocycles. The van der Waals surface area contributed by atoms with Crippen LogP contribution in [0, 0.1) is 6.92 Å². The van der Waals surface area contributed by atoms with E-state index < -0.39 is 0 Å². The molecule has 4 aromatic rings. The van der Waals surface area contributed by atoms with E-state index in [0.717, 1.165) is 53.8 Å².